The predicted molar refractivity (Wildman–Crippen MR) is 70.1 cm³/mol. The summed E-state index contributed by atoms with van der Waals surface area (Å²) in [4.78, 5) is 0. The zero-order valence-electron chi connectivity index (χ0n) is 12.2. The normalized spacial score (nSPS) is 46.3. The number of hydrogen-bond donors (Lipinski definition) is 1. The van der Waals surface area contributed by atoms with Crippen molar-refractivity contribution in [1.82, 2.24) is 0 Å². The molecule has 2 fully saturated rings. The second-order valence-corrected chi connectivity index (χ2v) is 5.21. The third-order valence-corrected chi connectivity index (χ3v) is 4.16. The van der Waals surface area contributed by atoms with Crippen LogP contribution in [0.3, 0.4) is 0 Å². The maximum atomic E-state index is 10.3. The predicted octanol–water partition coefficient (Wildman–Crippen LogP) is 1.12. The van der Waals surface area contributed by atoms with Gasteiger partial charge in [-0.05, 0) is 19.8 Å². The van der Waals surface area contributed by atoms with Crippen LogP contribution in [0.4, 0.5) is 0 Å². The van der Waals surface area contributed by atoms with Crippen LogP contribution < -0.4 is 0 Å². The standard InChI is InChI=1S/C14H26O5/c1-5-8-10(15)12(16-4)14-13(18-8)11(17-7-3)9(6-2)19-14/h8-15H,5-7H2,1-4H3/t8?,9-,10+,11?,12?,13+,14?/m1/s1. The highest BCUT2D eigenvalue weighted by Gasteiger charge is 2.55. The molecule has 0 saturated carbocycles. The molecule has 5 nitrogen and oxygen atoms in total. The van der Waals surface area contributed by atoms with Crippen LogP contribution in [0.1, 0.15) is 33.6 Å². The zero-order chi connectivity index (χ0) is 14.0. The van der Waals surface area contributed by atoms with Crippen molar-refractivity contribution in [3.8, 4) is 0 Å². The minimum atomic E-state index is -0.644. The van der Waals surface area contributed by atoms with E-state index < -0.39 is 6.10 Å². The summed E-state index contributed by atoms with van der Waals surface area (Å²) < 4.78 is 23.3. The highest BCUT2D eigenvalue weighted by molar-refractivity contribution is 5.03. The van der Waals surface area contributed by atoms with Crippen molar-refractivity contribution in [3.05, 3.63) is 0 Å². The van der Waals surface area contributed by atoms with E-state index in [1.54, 1.807) is 7.11 Å². The van der Waals surface area contributed by atoms with Gasteiger partial charge in [0.05, 0.1) is 12.2 Å². The number of ether oxygens (including phenoxy) is 4. The quantitative estimate of drug-likeness (QED) is 0.814. The largest absolute Gasteiger partial charge is 0.388 e. The summed E-state index contributed by atoms with van der Waals surface area (Å²) in [5, 5.41) is 10.3. The average molecular weight is 274 g/mol. The molecule has 0 aromatic heterocycles. The van der Waals surface area contributed by atoms with Crippen molar-refractivity contribution in [2.45, 2.75) is 76.3 Å². The fraction of sp³-hybridized carbons (Fsp3) is 1.00. The van der Waals surface area contributed by atoms with E-state index in [0.29, 0.717) is 6.61 Å². The van der Waals surface area contributed by atoms with Gasteiger partial charge in [-0.2, -0.15) is 0 Å². The summed E-state index contributed by atoms with van der Waals surface area (Å²) in [6.45, 7) is 6.68. The van der Waals surface area contributed by atoms with Crippen LogP contribution in [0.15, 0.2) is 0 Å². The Hall–Kier alpha value is -0.200. The molecular formula is C14H26O5. The molecule has 1 N–H and O–H groups in total. The Balaban J connectivity index is 2.19. The summed E-state index contributed by atoms with van der Waals surface area (Å²) in [6.07, 6.45) is -0.0441. The topological polar surface area (TPSA) is 57.2 Å². The number of aliphatic hydroxyl groups is 1. The minimum Gasteiger partial charge on any atom is -0.388 e. The first-order valence-electron chi connectivity index (χ1n) is 7.31. The summed E-state index contributed by atoms with van der Waals surface area (Å²) in [6, 6.07) is 0. The molecule has 2 rings (SSSR count). The molecule has 0 aromatic rings. The van der Waals surface area contributed by atoms with Crippen LogP contribution in [0.25, 0.3) is 0 Å². The van der Waals surface area contributed by atoms with E-state index >= 15 is 0 Å². The van der Waals surface area contributed by atoms with Gasteiger partial charge in [-0.25, -0.2) is 0 Å². The maximum absolute atomic E-state index is 10.3. The van der Waals surface area contributed by atoms with Gasteiger partial charge in [0.2, 0.25) is 0 Å². The van der Waals surface area contributed by atoms with Gasteiger partial charge in [0.25, 0.3) is 0 Å². The van der Waals surface area contributed by atoms with Crippen LogP contribution in [0, 0.1) is 0 Å². The monoisotopic (exact) mass is 274 g/mol. The summed E-state index contributed by atoms with van der Waals surface area (Å²) in [5.41, 5.74) is 0. The van der Waals surface area contributed by atoms with Crippen LogP contribution in [0.5, 0.6) is 0 Å². The van der Waals surface area contributed by atoms with Crippen LogP contribution in [-0.2, 0) is 18.9 Å². The number of methoxy groups -OCH3 is 1. The van der Waals surface area contributed by atoms with Gasteiger partial charge in [0.1, 0.15) is 30.5 Å². The summed E-state index contributed by atoms with van der Waals surface area (Å²) >= 11 is 0. The molecule has 0 aromatic carbocycles. The molecule has 0 radical (unpaired) electrons. The zero-order valence-corrected chi connectivity index (χ0v) is 12.2. The lowest BCUT2D eigenvalue weighted by Crippen LogP contribution is -2.58. The van der Waals surface area contributed by atoms with Gasteiger partial charge in [0.15, 0.2) is 0 Å². The molecule has 19 heavy (non-hydrogen) atoms. The van der Waals surface area contributed by atoms with E-state index in [1.165, 1.54) is 0 Å². The van der Waals surface area contributed by atoms with Crippen molar-refractivity contribution >= 4 is 0 Å². The van der Waals surface area contributed by atoms with Crippen LogP contribution in [0.2, 0.25) is 0 Å². The molecule has 0 bridgehead atoms. The van der Waals surface area contributed by atoms with Crippen molar-refractivity contribution in [2.24, 2.45) is 0 Å². The molecule has 2 heterocycles. The minimum absolute atomic E-state index is 0.00964. The highest BCUT2D eigenvalue weighted by Crippen LogP contribution is 2.37. The van der Waals surface area contributed by atoms with E-state index in [4.69, 9.17) is 18.9 Å². The first kappa shape index (κ1) is 15.2. The summed E-state index contributed by atoms with van der Waals surface area (Å²) in [5.74, 6) is 0. The van der Waals surface area contributed by atoms with Crippen LogP contribution in [-0.4, -0.2) is 61.6 Å². The number of rotatable bonds is 5. The van der Waals surface area contributed by atoms with Gasteiger partial charge < -0.3 is 24.1 Å². The molecule has 7 atom stereocenters. The number of fused-ring (bicyclic) bond motifs is 1. The van der Waals surface area contributed by atoms with Crippen molar-refractivity contribution in [1.29, 1.82) is 0 Å². The highest BCUT2D eigenvalue weighted by atomic mass is 16.6. The van der Waals surface area contributed by atoms with Crippen molar-refractivity contribution < 1.29 is 24.1 Å². The first-order chi connectivity index (χ1) is 9.17. The molecule has 0 aliphatic carbocycles. The van der Waals surface area contributed by atoms with E-state index in [9.17, 15) is 5.11 Å². The summed E-state index contributed by atoms with van der Waals surface area (Å²) in [7, 11) is 1.61. The Morgan fingerprint density at radius 3 is 2.05 bits per heavy atom. The lowest BCUT2D eigenvalue weighted by Gasteiger charge is -2.41. The number of hydrogen-bond acceptors (Lipinski definition) is 5. The lowest BCUT2D eigenvalue weighted by atomic mass is 9.91. The molecular weight excluding hydrogens is 248 g/mol. The van der Waals surface area contributed by atoms with E-state index in [-0.39, 0.29) is 36.6 Å². The van der Waals surface area contributed by atoms with Crippen LogP contribution >= 0.6 is 0 Å². The van der Waals surface area contributed by atoms with E-state index in [2.05, 4.69) is 6.92 Å². The third-order valence-electron chi connectivity index (χ3n) is 4.16. The van der Waals surface area contributed by atoms with Gasteiger partial charge in [-0.1, -0.05) is 13.8 Å². The number of aliphatic hydroxyl groups excluding tert-OH is 1. The van der Waals surface area contributed by atoms with Gasteiger partial charge in [-0.3, -0.25) is 0 Å². The molecule has 4 unspecified atom stereocenters. The van der Waals surface area contributed by atoms with Gasteiger partial charge >= 0.3 is 0 Å². The molecule has 112 valence electrons. The molecule has 2 aliphatic rings. The van der Waals surface area contributed by atoms with E-state index in [1.807, 2.05) is 13.8 Å². The molecule has 0 amide bonds. The first-order valence-corrected chi connectivity index (χ1v) is 7.31. The Bertz CT molecular complexity index is 285. The molecule has 0 spiro atoms. The molecule has 5 heteroatoms. The Morgan fingerprint density at radius 1 is 0.947 bits per heavy atom. The van der Waals surface area contributed by atoms with E-state index in [0.717, 1.165) is 12.8 Å². The second kappa shape index (κ2) is 6.50. The average Bonchev–Trinajstić information content (AvgIpc) is 2.76. The molecule has 2 saturated heterocycles. The fourth-order valence-corrected chi connectivity index (χ4v) is 3.20. The van der Waals surface area contributed by atoms with Gasteiger partial charge in [0, 0.05) is 13.7 Å². The fourth-order valence-electron chi connectivity index (χ4n) is 3.20. The van der Waals surface area contributed by atoms with Crippen molar-refractivity contribution in [2.75, 3.05) is 13.7 Å². The Morgan fingerprint density at radius 2 is 1.53 bits per heavy atom. The SMILES string of the molecule is CCOC1[C@@H]2OC(CC)[C@H](O)C(OC)C2O[C@@H]1CC. The molecule has 2 aliphatic heterocycles. The third kappa shape index (κ3) is 2.67. The maximum Gasteiger partial charge on any atom is 0.116 e. The van der Waals surface area contributed by atoms with Crippen molar-refractivity contribution in [3.63, 3.8) is 0 Å². The van der Waals surface area contributed by atoms with Gasteiger partial charge in [-0.15, -0.1) is 0 Å². The lowest BCUT2D eigenvalue weighted by molar-refractivity contribution is -0.226. The Kier molecular flexibility index (Phi) is 5.20. The Labute approximate surface area is 115 Å². The smallest absolute Gasteiger partial charge is 0.116 e. The second-order valence-electron chi connectivity index (χ2n) is 5.21.